The SMILES string of the molecule is CCCN1CCN(C(=O)c2ccnn2C)CC(Cc2ccccc2-c2ccccc2)C1=O. The second kappa shape index (κ2) is 9.81. The summed E-state index contributed by atoms with van der Waals surface area (Å²) in [5, 5.41) is 4.14. The number of carbonyl (C=O) groups is 2. The zero-order valence-corrected chi connectivity index (χ0v) is 18.8. The lowest BCUT2D eigenvalue weighted by Gasteiger charge is -2.24. The summed E-state index contributed by atoms with van der Waals surface area (Å²) in [4.78, 5) is 30.4. The summed E-state index contributed by atoms with van der Waals surface area (Å²) < 4.78 is 1.60. The molecule has 0 bridgehead atoms. The average molecular weight is 431 g/mol. The van der Waals surface area contributed by atoms with Gasteiger partial charge in [-0.25, -0.2) is 0 Å². The van der Waals surface area contributed by atoms with Crippen molar-refractivity contribution in [2.45, 2.75) is 19.8 Å². The monoisotopic (exact) mass is 430 g/mol. The van der Waals surface area contributed by atoms with Crippen LogP contribution in [-0.2, 0) is 18.3 Å². The fraction of sp³-hybridized carbons (Fsp3) is 0.346. The van der Waals surface area contributed by atoms with E-state index in [-0.39, 0.29) is 17.7 Å². The molecule has 1 aromatic heterocycles. The summed E-state index contributed by atoms with van der Waals surface area (Å²) >= 11 is 0. The number of aryl methyl sites for hydroxylation is 1. The maximum Gasteiger partial charge on any atom is 0.272 e. The Morgan fingerprint density at radius 2 is 1.78 bits per heavy atom. The summed E-state index contributed by atoms with van der Waals surface area (Å²) in [5.41, 5.74) is 3.95. The zero-order chi connectivity index (χ0) is 22.5. The van der Waals surface area contributed by atoms with Gasteiger partial charge in [-0.1, -0.05) is 61.5 Å². The minimum Gasteiger partial charge on any atom is -0.341 e. The van der Waals surface area contributed by atoms with Crippen LogP contribution in [0.1, 0.15) is 29.4 Å². The number of aromatic nitrogens is 2. The van der Waals surface area contributed by atoms with Crippen molar-refractivity contribution in [1.29, 1.82) is 0 Å². The van der Waals surface area contributed by atoms with Gasteiger partial charge in [-0.3, -0.25) is 14.3 Å². The van der Waals surface area contributed by atoms with Crippen LogP contribution in [0.4, 0.5) is 0 Å². The highest BCUT2D eigenvalue weighted by molar-refractivity contribution is 5.93. The summed E-state index contributed by atoms with van der Waals surface area (Å²) in [6.07, 6.45) is 3.13. The van der Waals surface area contributed by atoms with E-state index in [0.29, 0.717) is 38.3 Å². The molecule has 3 aromatic rings. The molecule has 1 unspecified atom stereocenters. The summed E-state index contributed by atoms with van der Waals surface area (Å²) in [6.45, 7) is 4.30. The zero-order valence-electron chi connectivity index (χ0n) is 18.8. The third-order valence-corrected chi connectivity index (χ3v) is 6.13. The molecule has 1 atom stereocenters. The standard InChI is InChI=1S/C26H30N4O2/c1-3-15-29-16-17-30(26(32)24-13-14-27-28(24)2)19-22(25(29)31)18-21-11-7-8-12-23(21)20-9-5-4-6-10-20/h4-14,22H,3,15-19H2,1-2H3. The van der Waals surface area contributed by atoms with E-state index in [1.165, 1.54) is 0 Å². The molecule has 6 heteroatoms. The molecule has 0 N–H and O–H groups in total. The third-order valence-electron chi connectivity index (χ3n) is 6.13. The highest BCUT2D eigenvalue weighted by Crippen LogP contribution is 2.27. The summed E-state index contributed by atoms with van der Waals surface area (Å²) in [5.74, 6) is -0.224. The van der Waals surface area contributed by atoms with Crippen LogP contribution in [0, 0.1) is 5.92 Å². The second-order valence-corrected chi connectivity index (χ2v) is 8.34. The predicted octanol–water partition coefficient (Wildman–Crippen LogP) is 3.64. The molecule has 0 saturated carbocycles. The summed E-state index contributed by atoms with van der Waals surface area (Å²) in [7, 11) is 1.77. The van der Waals surface area contributed by atoms with Gasteiger partial charge in [0.05, 0.1) is 5.92 Å². The highest BCUT2D eigenvalue weighted by atomic mass is 16.2. The fourth-order valence-electron chi connectivity index (χ4n) is 4.48. The van der Waals surface area contributed by atoms with Crippen molar-refractivity contribution >= 4 is 11.8 Å². The summed E-state index contributed by atoms with van der Waals surface area (Å²) in [6, 6.07) is 20.2. The molecule has 4 rings (SSSR count). The van der Waals surface area contributed by atoms with Crippen molar-refractivity contribution in [1.82, 2.24) is 19.6 Å². The minimum atomic E-state index is -0.286. The van der Waals surface area contributed by atoms with E-state index < -0.39 is 0 Å². The third kappa shape index (κ3) is 4.59. The lowest BCUT2D eigenvalue weighted by molar-refractivity contribution is -0.134. The van der Waals surface area contributed by atoms with Gasteiger partial charge in [0.15, 0.2) is 0 Å². The van der Waals surface area contributed by atoms with Crippen LogP contribution >= 0.6 is 0 Å². The molecular weight excluding hydrogens is 400 g/mol. The van der Waals surface area contributed by atoms with Gasteiger partial charge in [0, 0.05) is 39.4 Å². The van der Waals surface area contributed by atoms with Crippen LogP contribution in [0.25, 0.3) is 11.1 Å². The van der Waals surface area contributed by atoms with Gasteiger partial charge >= 0.3 is 0 Å². The van der Waals surface area contributed by atoms with E-state index in [1.807, 2.05) is 40.1 Å². The van der Waals surface area contributed by atoms with Crippen LogP contribution in [-0.4, -0.2) is 57.6 Å². The van der Waals surface area contributed by atoms with Crippen molar-refractivity contribution in [2.24, 2.45) is 13.0 Å². The van der Waals surface area contributed by atoms with Gasteiger partial charge in [0.2, 0.25) is 5.91 Å². The molecule has 166 valence electrons. The number of carbonyl (C=O) groups excluding carboxylic acids is 2. The van der Waals surface area contributed by atoms with E-state index in [9.17, 15) is 9.59 Å². The maximum atomic E-state index is 13.5. The Kier molecular flexibility index (Phi) is 6.69. The van der Waals surface area contributed by atoms with Crippen LogP contribution in [0.5, 0.6) is 0 Å². The van der Waals surface area contributed by atoms with E-state index in [4.69, 9.17) is 0 Å². The maximum absolute atomic E-state index is 13.5. The van der Waals surface area contributed by atoms with Gasteiger partial charge in [-0.2, -0.15) is 5.10 Å². The lowest BCUT2D eigenvalue weighted by atomic mass is 9.91. The Labute approximate surface area is 189 Å². The first kappa shape index (κ1) is 21.8. The molecule has 2 heterocycles. The smallest absolute Gasteiger partial charge is 0.272 e. The van der Waals surface area contributed by atoms with Crippen molar-refractivity contribution in [3.05, 3.63) is 78.1 Å². The Morgan fingerprint density at radius 1 is 1.03 bits per heavy atom. The van der Waals surface area contributed by atoms with E-state index in [0.717, 1.165) is 23.1 Å². The molecule has 2 aromatic carbocycles. The quantitative estimate of drug-likeness (QED) is 0.600. The van der Waals surface area contributed by atoms with E-state index in [1.54, 1.807) is 24.0 Å². The molecule has 0 radical (unpaired) electrons. The minimum absolute atomic E-state index is 0.0718. The Balaban J connectivity index is 1.64. The van der Waals surface area contributed by atoms with E-state index >= 15 is 0 Å². The van der Waals surface area contributed by atoms with Crippen LogP contribution in [0.3, 0.4) is 0 Å². The topological polar surface area (TPSA) is 58.4 Å². The molecule has 1 aliphatic heterocycles. The van der Waals surface area contributed by atoms with Crippen molar-refractivity contribution in [2.75, 3.05) is 26.2 Å². The molecule has 6 nitrogen and oxygen atoms in total. The van der Waals surface area contributed by atoms with Crippen LogP contribution < -0.4 is 0 Å². The molecule has 2 amide bonds. The first-order valence-corrected chi connectivity index (χ1v) is 11.3. The van der Waals surface area contributed by atoms with E-state index in [2.05, 4.69) is 36.3 Å². The number of hydrogen-bond acceptors (Lipinski definition) is 3. The number of nitrogens with zero attached hydrogens (tertiary/aromatic N) is 4. The predicted molar refractivity (Wildman–Crippen MR) is 125 cm³/mol. The van der Waals surface area contributed by atoms with Gasteiger partial charge in [0.25, 0.3) is 5.91 Å². The Bertz CT molecular complexity index is 1080. The highest BCUT2D eigenvalue weighted by Gasteiger charge is 2.33. The van der Waals surface area contributed by atoms with Gasteiger partial charge in [0.1, 0.15) is 5.69 Å². The molecule has 0 aliphatic carbocycles. The van der Waals surface area contributed by atoms with Crippen molar-refractivity contribution < 1.29 is 9.59 Å². The first-order valence-electron chi connectivity index (χ1n) is 11.3. The fourth-order valence-corrected chi connectivity index (χ4v) is 4.48. The molecule has 1 fully saturated rings. The van der Waals surface area contributed by atoms with Crippen molar-refractivity contribution in [3.8, 4) is 11.1 Å². The lowest BCUT2D eigenvalue weighted by Crippen LogP contribution is -2.38. The van der Waals surface area contributed by atoms with Crippen LogP contribution in [0.15, 0.2) is 66.9 Å². The molecular formula is C26H30N4O2. The van der Waals surface area contributed by atoms with Gasteiger partial charge in [-0.15, -0.1) is 0 Å². The van der Waals surface area contributed by atoms with Crippen molar-refractivity contribution in [3.63, 3.8) is 0 Å². The second-order valence-electron chi connectivity index (χ2n) is 8.34. The van der Waals surface area contributed by atoms with Crippen LogP contribution in [0.2, 0.25) is 0 Å². The normalized spacial score (nSPS) is 16.8. The van der Waals surface area contributed by atoms with Gasteiger partial charge in [-0.05, 0) is 35.6 Å². The van der Waals surface area contributed by atoms with Gasteiger partial charge < -0.3 is 9.80 Å². The number of hydrogen-bond donors (Lipinski definition) is 0. The molecule has 0 spiro atoms. The first-order chi connectivity index (χ1) is 15.6. The molecule has 32 heavy (non-hydrogen) atoms. The molecule has 1 saturated heterocycles. The number of benzene rings is 2. The Hall–Kier alpha value is -3.41. The molecule has 1 aliphatic rings. The average Bonchev–Trinajstić information content (AvgIpc) is 3.19. The largest absolute Gasteiger partial charge is 0.341 e. The Morgan fingerprint density at radius 3 is 2.50 bits per heavy atom. The number of rotatable bonds is 6. The number of amides is 2.